The van der Waals surface area contributed by atoms with Crippen LogP contribution in [0.1, 0.15) is 37.3 Å². The van der Waals surface area contributed by atoms with Crippen LogP contribution >= 0.6 is 0 Å². The van der Waals surface area contributed by atoms with Crippen LogP contribution in [-0.4, -0.2) is 30.4 Å². The number of likely N-dealkylation sites (tertiary alicyclic amines) is 1. The van der Waals surface area contributed by atoms with Gasteiger partial charge in [0.25, 0.3) is 0 Å². The first-order valence-electron chi connectivity index (χ1n) is 9.45. The molecule has 0 unspecified atom stereocenters. The Morgan fingerprint density at radius 1 is 1.08 bits per heavy atom. The Balaban J connectivity index is 1.83. The molecular formula is C22H27FN2O. The van der Waals surface area contributed by atoms with Crippen molar-refractivity contribution in [2.24, 2.45) is 0 Å². The molecule has 138 valence electrons. The van der Waals surface area contributed by atoms with Gasteiger partial charge in [-0.25, -0.2) is 4.39 Å². The fraction of sp³-hybridized carbons (Fsp3) is 0.409. The highest BCUT2D eigenvalue weighted by Gasteiger charge is 2.41. The van der Waals surface area contributed by atoms with E-state index >= 15 is 0 Å². The van der Waals surface area contributed by atoms with Crippen LogP contribution in [0.25, 0.3) is 0 Å². The van der Waals surface area contributed by atoms with E-state index < -0.39 is 5.41 Å². The number of amides is 1. The van der Waals surface area contributed by atoms with E-state index in [1.807, 2.05) is 30.3 Å². The van der Waals surface area contributed by atoms with E-state index in [1.54, 1.807) is 18.2 Å². The molecule has 0 spiro atoms. The molecule has 0 aliphatic carbocycles. The molecule has 4 heteroatoms. The number of nitrogens with one attached hydrogen (secondary N) is 1. The van der Waals surface area contributed by atoms with Gasteiger partial charge >= 0.3 is 0 Å². The van der Waals surface area contributed by atoms with Crippen LogP contribution in [0.4, 0.5) is 4.39 Å². The molecular weight excluding hydrogens is 327 g/mol. The molecule has 0 saturated carbocycles. The van der Waals surface area contributed by atoms with Crippen LogP contribution in [0, 0.1) is 5.82 Å². The third-order valence-electron chi connectivity index (χ3n) is 5.54. The van der Waals surface area contributed by atoms with Gasteiger partial charge in [-0.2, -0.15) is 0 Å². The molecule has 1 amide bonds. The zero-order valence-electron chi connectivity index (χ0n) is 15.4. The van der Waals surface area contributed by atoms with Gasteiger partial charge in [-0.05, 0) is 50.5 Å². The predicted molar refractivity (Wildman–Crippen MR) is 102 cm³/mol. The second-order valence-electron chi connectivity index (χ2n) is 7.01. The number of hydrogen-bond acceptors (Lipinski definition) is 2. The summed E-state index contributed by atoms with van der Waals surface area (Å²) in [6.07, 6.45) is 2.58. The van der Waals surface area contributed by atoms with Gasteiger partial charge in [0.05, 0.1) is 5.41 Å². The first-order valence-corrected chi connectivity index (χ1v) is 9.45. The summed E-state index contributed by atoms with van der Waals surface area (Å²) in [4.78, 5) is 15.7. The highest BCUT2D eigenvalue weighted by atomic mass is 19.1. The van der Waals surface area contributed by atoms with Crippen LogP contribution < -0.4 is 5.32 Å². The lowest BCUT2D eigenvalue weighted by Crippen LogP contribution is -2.45. The SMILES string of the molecule is CCN1CCC[C@@](C(=O)NCc2ccccc2F)(c2ccccc2)CC1. The van der Waals surface area contributed by atoms with E-state index in [9.17, 15) is 9.18 Å². The van der Waals surface area contributed by atoms with Crippen LogP contribution in [0.15, 0.2) is 54.6 Å². The van der Waals surface area contributed by atoms with E-state index in [2.05, 4.69) is 17.1 Å². The van der Waals surface area contributed by atoms with Crippen LogP contribution in [0.2, 0.25) is 0 Å². The molecule has 0 bridgehead atoms. The normalized spacial score (nSPS) is 21.2. The molecule has 2 aromatic rings. The van der Waals surface area contributed by atoms with Crippen molar-refractivity contribution >= 4 is 5.91 Å². The minimum Gasteiger partial charge on any atom is -0.351 e. The maximum Gasteiger partial charge on any atom is 0.230 e. The van der Waals surface area contributed by atoms with Gasteiger partial charge in [-0.15, -0.1) is 0 Å². The van der Waals surface area contributed by atoms with E-state index in [1.165, 1.54) is 6.07 Å². The predicted octanol–water partition coefficient (Wildman–Crippen LogP) is 3.89. The van der Waals surface area contributed by atoms with E-state index in [0.29, 0.717) is 5.56 Å². The largest absolute Gasteiger partial charge is 0.351 e. The zero-order chi connectivity index (χ0) is 18.4. The summed E-state index contributed by atoms with van der Waals surface area (Å²) in [7, 11) is 0. The number of carbonyl (C=O) groups is 1. The summed E-state index contributed by atoms with van der Waals surface area (Å²) < 4.78 is 13.9. The highest BCUT2D eigenvalue weighted by Crippen LogP contribution is 2.36. The van der Waals surface area contributed by atoms with E-state index in [-0.39, 0.29) is 18.3 Å². The van der Waals surface area contributed by atoms with Gasteiger partial charge in [-0.3, -0.25) is 4.79 Å². The summed E-state index contributed by atoms with van der Waals surface area (Å²) in [6.45, 7) is 5.30. The first-order chi connectivity index (χ1) is 12.7. The Hall–Kier alpha value is -2.20. The minimum atomic E-state index is -0.545. The molecule has 1 fully saturated rings. The van der Waals surface area contributed by atoms with Crippen LogP contribution in [-0.2, 0) is 16.8 Å². The fourth-order valence-electron chi connectivity index (χ4n) is 3.90. The quantitative estimate of drug-likeness (QED) is 0.884. The number of hydrogen-bond donors (Lipinski definition) is 1. The van der Waals surface area contributed by atoms with Crippen molar-refractivity contribution in [3.8, 4) is 0 Å². The highest BCUT2D eigenvalue weighted by molar-refractivity contribution is 5.88. The van der Waals surface area contributed by atoms with Gasteiger partial charge in [0.1, 0.15) is 5.82 Å². The second kappa shape index (κ2) is 8.45. The molecule has 26 heavy (non-hydrogen) atoms. The summed E-state index contributed by atoms with van der Waals surface area (Å²) in [5, 5.41) is 3.01. The molecule has 0 aromatic heterocycles. The monoisotopic (exact) mass is 354 g/mol. The molecule has 0 radical (unpaired) electrons. The van der Waals surface area contributed by atoms with E-state index in [0.717, 1.165) is 44.5 Å². The van der Waals surface area contributed by atoms with E-state index in [4.69, 9.17) is 0 Å². The van der Waals surface area contributed by atoms with Crippen molar-refractivity contribution in [3.63, 3.8) is 0 Å². The van der Waals surface area contributed by atoms with Crippen LogP contribution in [0.5, 0.6) is 0 Å². The number of carbonyl (C=O) groups excluding carboxylic acids is 1. The average Bonchev–Trinajstić information content (AvgIpc) is 2.91. The molecule has 1 atom stereocenters. The Kier molecular flexibility index (Phi) is 6.04. The lowest BCUT2D eigenvalue weighted by atomic mass is 9.73. The summed E-state index contributed by atoms with van der Waals surface area (Å²) in [5.41, 5.74) is 1.04. The third-order valence-corrected chi connectivity index (χ3v) is 5.54. The third kappa shape index (κ3) is 3.96. The van der Waals surface area contributed by atoms with Crippen molar-refractivity contribution in [2.45, 2.75) is 38.1 Å². The van der Waals surface area contributed by atoms with Crippen molar-refractivity contribution in [2.75, 3.05) is 19.6 Å². The maximum absolute atomic E-state index is 13.9. The Bertz CT molecular complexity index is 734. The number of benzene rings is 2. The number of halogens is 1. The maximum atomic E-state index is 13.9. The topological polar surface area (TPSA) is 32.3 Å². The van der Waals surface area contributed by atoms with Gasteiger partial charge in [-0.1, -0.05) is 55.5 Å². The van der Waals surface area contributed by atoms with Crippen molar-refractivity contribution < 1.29 is 9.18 Å². The van der Waals surface area contributed by atoms with Gasteiger partial charge in [0.2, 0.25) is 5.91 Å². The molecule has 3 nitrogen and oxygen atoms in total. The van der Waals surface area contributed by atoms with Crippen molar-refractivity contribution in [1.29, 1.82) is 0 Å². The average molecular weight is 354 g/mol. The zero-order valence-corrected chi connectivity index (χ0v) is 15.4. The summed E-state index contributed by atoms with van der Waals surface area (Å²) in [5.74, 6) is -0.274. The standard InChI is InChI=1S/C22H27FN2O/c1-2-25-15-8-13-22(14-16-25,19-10-4-3-5-11-19)21(26)24-17-18-9-6-7-12-20(18)23/h3-7,9-12H,2,8,13-17H2,1H3,(H,24,26)/t22-/m0/s1. The van der Waals surface area contributed by atoms with Gasteiger partial charge < -0.3 is 10.2 Å². The first kappa shape index (κ1) is 18.6. The molecule has 1 heterocycles. The minimum absolute atomic E-state index is 0.00454. The number of rotatable bonds is 5. The fourth-order valence-corrected chi connectivity index (χ4v) is 3.90. The molecule has 1 N–H and O–H groups in total. The van der Waals surface area contributed by atoms with Crippen molar-refractivity contribution in [3.05, 3.63) is 71.5 Å². The second-order valence-corrected chi connectivity index (χ2v) is 7.01. The molecule has 1 aliphatic rings. The lowest BCUT2D eigenvalue weighted by molar-refractivity contribution is -0.127. The van der Waals surface area contributed by atoms with Crippen molar-refractivity contribution in [1.82, 2.24) is 10.2 Å². The Morgan fingerprint density at radius 3 is 2.54 bits per heavy atom. The van der Waals surface area contributed by atoms with Crippen LogP contribution in [0.3, 0.4) is 0 Å². The number of nitrogens with zero attached hydrogens (tertiary/aromatic N) is 1. The van der Waals surface area contributed by atoms with Gasteiger partial charge in [0.15, 0.2) is 0 Å². The summed E-state index contributed by atoms with van der Waals surface area (Å²) in [6, 6.07) is 16.7. The summed E-state index contributed by atoms with van der Waals surface area (Å²) >= 11 is 0. The molecule has 3 rings (SSSR count). The Labute approximate surface area is 155 Å². The molecule has 1 aliphatic heterocycles. The molecule has 2 aromatic carbocycles. The molecule has 1 saturated heterocycles. The van der Waals surface area contributed by atoms with Gasteiger partial charge in [0, 0.05) is 12.1 Å². The smallest absolute Gasteiger partial charge is 0.230 e. The lowest BCUT2D eigenvalue weighted by Gasteiger charge is -2.32. The Morgan fingerprint density at radius 2 is 1.81 bits per heavy atom.